The molecule has 0 aliphatic heterocycles. The first-order valence-corrected chi connectivity index (χ1v) is 11.5. The number of aromatic nitrogens is 5. The standard InChI is InChI=1S/C23H23FN8O3.C2H4O2/c1-34-17-8-5-15(13-18(17)35-12-9-24)19(29-16-6-3-14(4-7-16)20(25)26)21-30-23(33)32(31-21)22-27-10-2-11-28-22;1-2(3)4/h2-8,10-11,13,19,29H,9,12H2,1H3,(H3,25,26)(H,30,31,33);1H3,(H,3,4)/t19-;/m0./s1. The largest absolute Gasteiger partial charge is 0.493 e. The maximum absolute atomic E-state index is 12.8. The van der Waals surface area contributed by atoms with Gasteiger partial charge in [-0.25, -0.2) is 19.2 Å². The Hall–Kier alpha value is -5.27. The Morgan fingerprint density at radius 3 is 2.46 bits per heavy atom. The lowest BCUT2D eigenvalue weighted by Gasteiger charge is -2.20. The molecule has 13 nitrogen and oxygen atoms in total. The van der Waals surface area contributed by atoms with Gasteiger partial charge in [0.1, 0.15) is 25.2 Å². The number of ether oxygens (including phenoxy) is 2. The zero-order valence-electron chi connectivity index (χ0n) is 21.1. The summed E-state index contributed by atoms with van der Waals surface area (Å²) in [5, 5.41) is 22.7. The Kier molecular flexibility index (Phi) is 9.67. The van der Waals surface area contributed by atoms with Crippen LogP contribution in [0.2, 0.25) is 0 Å². The predicted octanol–water partition coefficient (Wildman–Crippen LogP) is 2.28. The average molecular weight is 539 g/mol. The minimum atomic E-state index is -0.833. The molecule has 4 aromatic rings. The van der Waals surface area contributed by atoms with E-state index in [0.29, 0.717) is 28.3 Å². The summed E-state index contributed by atoms with van der Waals surface area (Å²) in [7, 11) is 1.49. The van der Waals surface area contributed by atoms with Gasteiger partial charge in [0, 0.05) is 30.6 Å². The molecule has 6 N–H and O–H groups in total. The summed E-state index contributed by atoms with van der Waals surface area (Å²) in [5.41, 5.74) is 6.93. The molecule has 204 valence electrons. The summed E-state index contributed by atoms with van der Waals surface area (Å²) in [6, 6.07) is 13.0. The second-order valence-corrected chi connectivity index (χ2v) is 7.81. The van der Waals surface area contributed by atoms with E-state index in [1.807, 2.05) is 0 Å². The highest BCUT2D eigenvalue weighted by Crippen LogP contribution is 2.33. The minimum absolute atomic E-state index is 0.0520. The number of carboxylic acids is 1. The summed E-state index contributed by atoms with van der Waals surface area (Å²) in [6.45, 7) is 0.285. The second kappa shape index (κ2) is 13.3. The van der Waals surface area contributed by atoms with Crippen LogP contribution in [0.3, 0.4) is 0 Å². The lowest BCUT2D eigenvalue weighted by molar-refractivity contribution is -0.134. The first-order valence-electron chi connectivity index (χ1n) is 11.5. The van der Waals surface area contributed by atoms with Crippen molar-refractivity contribution in [3.63, 3.8) is 0 Å². The van der Waals surface area contributed by atoms with E-state index in [-0.39, 0.29) is 24.2 Å². The van der Waals surface area contributed by atoms with Crippen LogP contribution in [0.15, 0.2) is 65.7 Å². The molecule has 14 heteroatoms. The second-order valence-electron chi connectivity index (χ2n) is 7.81. The highest BCUT2D eigenvalue weighted by atomic mass is 19.1. The molecule has 0 saturated carbocycles. The van der Waals surface area contributed by atoms with E-state index in [9.17, 15) is 9.18 Å². The lowest BCUT2D eigenvalue weighted by atomic mass is 10.0. The van der Waals surface area contributed by atoms with Crippen LogP contribution in [0.1, 0.15) is 29.9 Å². The highest BCUT2D eigenvalue weighted by molar-refractivity contribution is 5.95. The number of rotatable bonds is 10. The number of hydrogen-bond donors (Lipinski definition) is 5. The van der Waals surface area contributed by atoms with Crippen molar-refractivity contribution in [1.82, 2.24) is 24.7 Å². The van der Waals surface area contributed by atoms with Gasteiger partial charge < -0.3 is 25.6 Å². The SMILES string of the molecule is CC(=O)O.COc1ccc([C@H](Nc2ccc(C(=N)N)cc2)c2nn(-c3ncccn3)c(=O)[nH]2)cc1OCCF. The smallest absolute Gasteiger partial charge is 0.350 e. The van der Waals surface area contributed by atoms with Crippen molar-refractivity contribution >= 4 is 17.5 Å². The fourth-order valence-corrected chi connectivity index (χ4v) is 3.36. The topological polar surface area (TPSA) is 194 Å². The number of hydrogen-bond acceptors (Lipinski definition) is 9. The number of nitrogen functional groups attached to an aromatic ring is 1. The number of amidine groups is 1. The number of aliphatic carboxylic acids is 1. The van der Waals surface area contributed by atoms with Crippen LogP contribution in [0.5, 0.6) is 11.5 Å². The number of anilines is 1. The van der Waals surface area contributed by atoms with Crippen molar-refractivity contribution in [3.8, 4) is 17.4 Å². The third kappa shape index (κ3) is 7.61. The Morgan fingerprint density at radius 1 is 1.21 bits per heavy atom. The number of halogens is 1. The van der Waals surface area contributed by atoms with Gasteiger partial charge in [-0.3, -0.25) is 15.2 Å². The minimum Gasteiger partial charge on any atom is -0.493 e. The summed E-state index contributed by atoms with van der Waals surface area (Å²) >= 11 is 0. The monoisotopic (exact) mass is 538 g/mol. The van der Waals surface area contributed by atoms with E-state index in [4.69, 9.17) is 30.5 Å². The number of aromatic amines is 1. The highest BCUT2D eigenvalue weighted by Gasteiger charge is 2.22. The Labute approximate surface area is 222 Å². The van der Waals surface area contributed by atoms with E-state index < -0.39 is 24.4 Å². The summed E-state index contributed by atoms with van der Waals surface area (Å²) in [5.74, 6) is 0.285. The first kappa shape index (κ1) is 28.3. The molecular formula is C25H27FN8O5. The fraction of sp³-hybridized carbons (Fsp3) is 0.200. The quantitative estimate of drug-likeness (QED) is 0.148. The number of nitrogens with one attached hydrogen (secondary N) is 3. The molecule has 0 unspecified atom stereocenters. The molecule has 0 spiro atoms. The van der Waals surface area contributed by atoms with Crippen LogP contribution in [-0.4, -0.2) is 62.0 Å². The number of alkyl halides is 1. The van der Waals surface area contributed by atoms with Crippen LogP contribution in [0.4, 0.5) is 10.1 Å². The fourth-order valence-electron chi connectivity index (χ4n) is 3.36. The molecule has 0 aliphatic rings. The van der Waals surface area contributed by atoms with Crippen molar-refractivity contribution in [2.45, 2.75) is 13.0 Å². The van der Waals surface area contributed by atoms with E-state index in [2.05, 4.69) is 25.4 Å². The number of carboxylic acid groups (broad SMARTS) is 1. The number of methoxy groups -OCH3 is 1. The Bertz CT molecular complexity index is 1450. The molecule has 0 aliphatic carbocycles. The lowest BCUT2D eigenvalue weighted by Crippen LogP contribution is -2.18. The number of H-pyrrole nitrogens is 1. The number of nitrogens with zero attached hydrogens (tertiary/aromatic N) is 4. The molecule has 0 fully saturated rings. The molecule has 39 heavy (non-hydrogen) atoms. The van der Waals surface area contributed by atoms with Gasteiger partial charge in [0.05, 0.1) is 7.11 Å². The van der Waals surface area contributed by atoms with Crippen LogP contribution in [0, 0.1) is 5.41 Å². The third-order valence-corrected chi connectivity index (χ3v) is 5.01. The molecule has 2 heterocycles. The summed E-state index contributed by atoms with van der Waals surface area (Å²) in [6.07, 6.45) is 3.01. The van der Waals surface area contributed by atoms with E-state index in [1.54, 1.807) is 48.5 Å². The Balaban J connectivity index is 0.000000983. The van der Waals surface area contributed by atoms with E-state index >= 15 is 0 Å². The zero-order valence-corrected chi connectivity index (χ0v) is 21.1. The van der Waals surface area contributed by atoms with Crippen LogP contribution in [-0.2, 0) is 4.79 Å². The first-order chi connectivity index (χ1) is 18.7. The molecule has 0 amide bonds. The van der Waals surface area contributed by atoms with E-state index in [0.717, 1.165) is 11.6 Å². The molecule has 0 radical (unpaired) electrons. The third-order valence-electron chi connectivity index (χ3n) is 5.01. The molecule has 0 saturated heterocycles. The average Bonchev–Trinajstić information content (AvgIpc) is 3.32. The maximum Gasteiger partial charge on any atom is 0.350 e. The van der Waals surface area contributed by atoms with Gasteiger partial charge in [0.2, 0.25) is 0 Å². The van der Waals surface area contributed by atoms with Gasteiger partial charge in [-0.2, -0.15) is 0 Å². The summed E-state index contributed by atoms with van der Waals surface area (Å²) < 4.78 is 24.7. The normalized spacial score (nSPS) is 11.1. The molecule has 4 rings (SSSR count). The molecule has 2 aromatic heterocycles. The van der Waals surface area contributed by atoms with Gasteiger partial charge in [0.25, 0.3) is 11.9 Å². The zero-order chi connectivity index (χ0) is 28.4. The van der Waals surface area contributed by atoms with Gasteiger partial charge in [0.15, 0.2) is 17.3 Å². The van der Waals surface area contributed by atoms with Gasteiger partial charge in [-0.15, -0.1) is 9.78 Å². The molecule has 1 atom stereocenters. The van der Waals surface area contributed by atoms with Crippen LogP contribution in [0.25, 0.3) is 5.95 Å². The summed E-state index contributed by atoms with van der Waals surface area (Å²) in [4.78, 5) is 32.6. The predicted molar refractivity (Wildman–Crippen MR) is 140 cm³/mol. The molecular weight excluding hydrogens is 511 g/mol. The van der Waals surface area contributed by atoms with Crippen LogP contribution < -0.4 is 26.2 Å². The van der Waals surface area contributed by atoms with Gasteiger partial charge in [-0.05, 0) is 48.0 Å². The number of nitrogens with two attached hydrogens (primary N) is 1. The van der Waals surface area contributed by atoms with Gasteiger partial charge in [-0.1, -0.05) is 6.07 Å². The molecule has 2 aromatic carbocycles. The van der Waals surface area contributed by atoms with Gasteiger partial charge >= 0.3 is 5.69 Å². The molecule has 0 bridgehead atoms. The maximum atomic E-state index is 12.8. The van der Waals surface area contributed by atoms with Crippen molar-refractivity contribution in [1.29, 1.82) is 5.41 Å². The number of carbonyl (C=O) groups is 1. The van der Waals surface area contributed by atoms with Crippen molar-refractivity contribution in [2.75, 3.05) is 25.7 Å². The van der Waals surface area contributed by atoms with E-state index in [1.165, 1.54) is 19.5 Å². The van der Waals surface area contributed by atoms with Crippen molar-refractivity contribution in [2.24, 2.45) is 5.73 Å². The van der Waals surface area contributed by atoms with Crippen LogP contribution >= 0.6 is 0 Å². The Morgan fingerprint density at radius 2 is 1.87 bits per heavy atom. The number of benzene rings is 2. The van der Waals surface area contributed by atoms with Crippen molar-refractivity contribution < 1.29 is 23.8 Å². The van der Waals surface area contributed by atoms with Crippen molar-refractivity contribution in [3.05, 3.63) is 88.4 Å².